The molecule has 8 atom stereocenters. The van der Waals surface area contributed by atoms with Crippen molar-refractivity contribution in [3.63, 3.8) is 0 Å². The Morgan fingerprint density at radius 3 is 2.02 bits per heavy atom. The number of imidazole rings is 2. The smallest absolute Gasteiger partial charge is 0.334 e. The molecule has 0 unspecified atom stereocenters. The number of fused-ring (bicyclic) bond motifs is 2. The van der Waals surface area contributed by atoms with Crippen molar-refractivity contribution < 1.29 is 39.7 Å². The molecule has 0 spiro atoms. The van der Waals surface area contributed by atoms with E-state index in [2.05, 4.69) is 19.9 Å². The summed E-state index contributed by atoms with van der Waals surface area (Å²) in [7, 11) is 2.48. The molecule has 0 radical (unpaired) electrons. The zero-order chi connectivity index (χ0) is 32.0. The van der Waals surface area contributed by atoms with E-state index in [1.807, 2.05) is 0 Å². The van der Waals surface area contributed by atoms with E-state index in [0.29, 0.717) is 4.57 Å². The number of anilines is 2. The molecule has 0 saturated carbocycles. The Kier molecular flexibility index (Phi) is 6.78. The monoisotopic (exact) mass is 624 g/mol. The summed E-state index contributed by atoms with van der Waals surface area (Å²) in [4.78, 5) is 64.0. The first-order chi connectivity index (χ1) is 20.7. The van der Waals surface area contributed by atoms with Gasteiger partial charge < -0.3 is 51.2 Å². The minimum atomic E-state index is -2.69. The van der Waals surface area contributed by atoms with Crippen molar-refractivity contribution in [1.29, 1.82) is 0 Å². The van der Waals surface area contributed by atoms with Gasteiger partial charge in [0.2, 0.25) is 11.9 Å². The van der Waals surface area contributed by atoms with E-state index in [-0.39, 0.29) is 22.6 Å². The molecule has 11 N–H and O–H groups in total. The van der Waals surface area contributed by atoms with E-state index in [0.717, 1.165) is 13.7 Å². The van der Waals surface area contributed by atoms with Gasteiger partial charge in [-0.15, -0.1) is 0 Å². The quantitative estimate of drug-likeness (QED) is 0.0962. The highest BCUT2D eigenvalue weighted by Gasteiger charge is 2.60. The number of aromatic nitrogens is 8. The fraction of sp³-hybridized carbons (Fsp3) is 0.545. The molecule has 2 aliphatic rings. The second-order valence-corrected chi connectivity index (χ2v) is 10.4. The molecule has 6 heterocycles. The van der Waals surface area contributed by atoms with Gasteiger partial charge in [-0.2, -0.15) is 9.97 Å². The van der Waals surface area contributed by atoms with Crippen molar-refractivity contribution in [3.05, 3.63) is 41.7 Å². The molecular formula is C22H28N10O12. The Bertz CT molecular complexity index is 2020. The fourth-order valence-corrected chi connectivity index (χ4v) is 5.64. The molecule has 238 valence electrons. The third-order valence-corrected chi connectivity index (χ3v) is 7.81. The summed E-state index contributed by atoms with van der Waals surface area (Å²) in [5, 5.41) is 53.3. The molecule has 2 saturated heterocycles. The molecule has 2 fully saturated rings. The number of nitrogens with one attached hydrogen (secondary N) is 2. The molecule has 22 heteroatoms. The molecule has 22 nitrogen and oxygen atoms in total. The van der Waals surface area contributed by atoms with E-state index in [4.69, 9.17) is 25.7 Å². The van der Waals surface area contributed by atoms with Crippen LogP contribution in [0.2, 0.25) is 0 Å². The SMILES string of the molecule is Cn1c(=O)n([C@@H]2O[C@H](CO[C@@]3(n4c(=O)n(C)c5c(=O)[nH]c(N)nc54)O[C@H](CO)[C@@H](O)[C@H]3O)[C@@H](O)[C@H]2O)c2nc(N)[nH]c(=O)c21. The van der Waals surface area contributed by atoms with E-state index in [1.165, 1.54) is 14.1 Å². The van der Waals surface area contributed by atoms with Crippen LogP contribution in [0.15, 0.2) is 19.2 Å². The number of hydrogen-bond acceptors (Lipinski definition) is 16. The second kappa shape index (κ2) is 10.1. The van der Waals surface area contributed by atoms with Crippen LogP contribution in [-0.2, 0) is 34.2 Å². The van der Waals surface area contributed by atoms with E-state index < -0.39 is 96.1 Å². The van der Waals surface area contributed by atoms with Gasteiger partial charge in [0.05, 0.1) is 13.2 Å². The summed E-state index contributed by atoms with van der Waals surface area (Å²) in [6, 6.07) is 0. The third-order valence-electron chi connectivity index (χ3n) is 7.81. The summed E-state index contributed by atoms with van der Waals surface area (Å²) in [5.74, 6) is -3.45. The second-order valence-electron chi connectivity index (χ2n) is 10.4. The Morgan fingerprint density at radius 1 is 0.864 bits per heavy atom. The summed E-state index contributed by atoms with van der Waals surface area (Å²) >= 11 is 0. The topological polar surface area (TPSA) is 326 Å². The molecule has 0 aliphatic carbocycles. The number of aliphatic hydroxyl groups excluding tert-OH is 5. The summed E-state index contributed by atoms with van der Waals surface area (Å²) in [6.07, 6.45) is -12.2. The average molecular weight is 625 g/mol. The minimum Gasteiger partial charge on any atom is -0.394 e. The molecule has 6 rings (SSSR count). The number of aromatic amines is 2. The van der Waals surface area contributed by atoms with Crippen molar-refractivity contribution in [1.82, 2.24) is 38.2 Å². The number of aryl methyl sites for hydroxylation is 2. The van der Waals surface area contributed by atoms with E-state index in [1.54, 1.807) is 0 Å². The lowest BCUT2D eigenvalue weighted by Gasteiger charge is -2.33. The van der Waals surface area contributed by atoms with Gasteiger partial charge in [-0.25, -0.2) is 18.7 Å². The van der Waals surface area contributed by atoms with Gasteiger partial charge in [0.15, 0.2) is 34.7 Å². The molecule has 0 bridgehead atoms. The lowest BCUT2D eigenvalue weighted by Crippen LogP contribution is -2.53. The van der Waals surface area contributed by atoms with Gasteiger partial charge in [-0.1, -0.05) is 0 Å². The van der Waals surface area contributed by atoms with Crippen LogP contribution >= 0.6 is 0 Å². The Balaban J connectivity index is 1.42. The predicted octanol–water partition coefficient (Wildman–Crippen LogP) is -6.62. The maximum absolute atomic E-state index is 13.4. The molecule has 0 aromatic carbocycles. The molecule has 2 aliphatic heterocycles. The standard InChI is InChI=1S/C22H28N10O12/c1-29-7-13(25-18(23)27-15(7)38)31(20(29)40)17-11(36)9(34)6(43-17)4-42-22(12(37)10(35)5(3-33)44-22)32-14-8(30(2)21(32)41)16(39)28-19(24)26-14/h5-6,9-12,17,33-37H,3-4H2,1-2H3,(H3,23,25,27,38)(H3,24,26,28,39)/t5-,6-,9-,10-,11-,12-,17-,22-/m1/s1. The summed E-state index contributed by atoms with van der Waals surface area (Å²) in [5.41, 5.74) is 6.69. The number of nitrogens with two attached hydrogens (primary N) is 2. The zero-order valence-corrected chi connectivity index (χ0v) is 22.9. The lowest BCUT2D eigenvalue weighted by atomic mass is 10.1. The summed E-state index contributed by atoms with van der Waals surface area (Å²) in [6.45, 7) is -1.64. The Labute approximate surface area is 241 Å². The largest absolute Gasteiger partial charge is 0.394 e. The number of aliphatic hydroxyl groups is 5. The van der Waals surface area contributed by atoms with Crippen LogP contribution in [-0.4, -0.2) is 114 Å². The van der Waals surface area contributed by atoms with Crippen LogP contribution in [0.3, 0.4) is 0 Å². The molecule has 4 aromatic heterocycles. The van der Waals surface area contributed by atoms with Crippen LogP contribution in [0.4, 0.5) is 11.9 Å². The van der Waals surface area contributed by atoms with Gasteiger partial charge in [-0.3, -0.25) is 28.7 Å². The van der Waals surface area contributed by atoms with Gasteiger partial charge in [0, 0.05) is 14.1 Å². The maximum Gasteiger partial charge on any atom is 0.334 e. The molecular weight excluding hydrogens is 596 g/mol. The first-order valence-corrected chi connectivity index (χ1v) is 13.0. The van der Waals surface area contributed by atoms with Crippen LogP contribution in [0, 0.1) is 0 Å². The highest BCUT2D eigenvalue weighted by molar-refractivity contribution is 5.72. The average Bonchev–Trinajstić information content (AvgIpc) is 3.57. The normalized spacial score (nSPS) is 30.7. The first-order valence-electron chi connectivity index (χ1n) is 13.0. The van der Waals surface area contributed by atoms with Gasteiger partial charge in [0.25, 0.3) is 17.0 Å². The van der Waals surface area contributed by atoms with Gasteiger partial charge >= 0.3 is 11.4 Å². The van der Waals surface area contributed by atoms with Gasteiger partial charge in [0.1, 0.15) is 30.5 Å². The number of hydrogen-bond donors (Lipinski definition) is 9. The Hall–Kier alpha value is -4.42. The van der Waals surface area contributed by atoms with Gasteiger partial charge in [-0.05, 0) is 0 Å². The van der Waals surface area contributed by atoms with Crippen molar-refractivity contribution in [3.8, 4) is 0 Å². The third kappa shape index (κ3) is 3.97. The van der Waals surface area contributed by atoms with Crippen LogP contribution in [0.25, 0.3) is 22.3 Å². The Morgan fingerprint density at radius 2 is 1.43 bits per heavy atom. The lowest BCUT2D eigenvalue weighted by molar-refractivity contribution is -0.324. The van der Waals surface area contributed by atoms with E-state index in [9.17, 15) is 44.7 Å². The first kappa shape index (κ1) is 29.6. The summed E-state index contributed by atoms with van der Waals surface area (Å²) < 4.78 is 20.5. The van der Waals surface area contributed by atoms with Crippen molar-refractivity contribution in [2.45, 2.75) is 48.8 Å². The number of ether oxygens (including phenoxy) is 3. The highest BCUT2D eigenvalue weighted by Crippen LogP contribution is 2.39. The molecule has 4 aromatic rings. The fourth-order valence-electron chi connectivity index (χ4n) is 5.64. The number of nitrogens with zero attached hydrogens (tertiary/aromatic N) is 6. The highest BCUT2D eigenvalue weighted by atomic mass is 16.8. The van der Waals surface area contributed by atoms with Crippen LogP contribution in [0.5, 0.6) is 0 Å². The van der Waals surface area contributed by atoms with Crippen molar-refractivity contribution >= 4 is 34.2 Å². The van der Waals surface area contributed by atoms with Crippen LogP contribution in [0.1, 0.15) is 6.23 Å². The number of nitrogen functional groups attached to an aromatic ring is 2. The number of H-pyrrole nitrogens is 2. The van der Waals surface area contributed by atoms with Crippen LogP contribution < -0.4 is 34.0 Å². The van der Waals surface area contributed by atoms with Crippen molar-refractivity contribution in [2.75, 3.05) is 24.7 Å². The predicted molar refractivity (Wildman–Crippen MR) is 144 cm³/mol. The number of rotatable bonds is 6. The van der Waals surface area contributed by atoms with E-state index >= 15 is 0 Å². The molecule has 44 heavy (non-hydrogen) atoms. The zero-order valence-electron chi connectivity index (χ0n) is 22.9. The minimum absolute atomic E-state index is 0.197. The molecule has 0 amide bonds. The maximum atomic E-state index is 13.4. The van der Waals surface area contributed by atoms with Crippen molar-refractivity contribution in [2.24, 2.45) is 14.1 Å².